The van der Waals surface area contributed by atoms with E-state index in [9.17, 15) is 14.4 Å². The minimum absolute atomic E-state index is 0.200. The molecule has 3 rings (SSSR count). The predicted molar refractivity (Wildman–Crippen MR) is 84.1 cm³/mol. The van der Waals surface area contributed by atoms with Crippen LogP contribution in [0.4, 0.5) is 0 Å². The maximum atomic E-state index is 12.3. The van der Waals surface area contributed by atoms with Crippen LogP contribution in [0.25, 0.3) is 11.0 Å². The number of nitrogens with zero attached hydrogens (tertiary/aromatic N) is 5. The third-order valence-electron chi connectivity index (χ3n) is 4.09. The number of hydrogen-bond acceptors (Lipinski definition) is 6. The first-order valence-electron chi connectivity index (χ1n) is 7.83. The Kier molecular flexibility index (Phi) is 4.32. The summed E-state index contributed by atoms with van der Waals surface area (Å²) in [6, 6.07) is 0. The van der Waals surface area contributed by atoms with Gasteiger partial charge in [0.2, 0.25) is 0 Å². The Morgan fingerprint density at radius 3 is 2.75 bits per heavy atom. The van der Waals surface area contributed by atoms with E-state index in [1.54, 1.807) is 18.9 Å². The van der Waals surface area contributed by atoms with Crippen molar-refractivity contribution in [2.75, 3.05) is 13.1 Å². The summed E-state index contributed by atoms with van der Waals surface area (Å²) in [4.78, 5) is 42.3. The SMILES string of the molecule is CC(OC(=O)Cn1cnc2c(cnn2C)c1=O)C(=O)N1CCCC1. The Bertz CT molecular complexity index is 834. The highest BCUT2D eigenvalue weighted by Crippen LogP contribution is 2.10. The van der Waals surface area contributed by atoms with E-state index in [1.165, 1.54) is 17.2 Å². The molecular weight excluding hydrogens is 314 g/mol. The van der Waals surface area contributed by atoms with E-state index < -0.39 is 12.1 Å². The molecule has 1 aliphatic rings. The molecule has 2 aromatic heterocycles. The number of ether oxygens (including phenoxy) is 1. The topological polar surface area (TPSA) is 99.3 Å². The van der Waals surface area contributed by atoms with Crippen LogP contribution in [0.5, 0.6) is 0 Å². The van der Waals surface area contributed by atoms with Crippen molar-refractivity contribution in [1.29, 1.82) is 0 Å². The van der Waals surface area contributed by atoms with Crippen LogP contribution in [0.3, 0.4) is 0 Å². The molecule has 128 valence electrons. The van der Waals surface area contributed by atoms with Gasteiger partial charge >= 0.3 is 5.97 Å². The molecule has 0 aliphatic carbocycles. The van der Waals surface area contributed by atoms with Crippen LogP contribution in [0.2, 0.25) is 0 Å². The van der Waals surface area contributed by atoms with E-state index in [0.717, 1.165) is 17.4 Å². The summed E-state index contributed by atoms with van der Waals surface area (Å²) in [7, 11) is 1.68. The molecule has 0 saturated carbocycles. The molecular formula is C15H19N5O4. The first kappa shape index (κ1) is 16.2. The monoisotopic (exact) mass is 333 g/mol. The summed E-state index contributed by atoms with van der Waals surface area (Å²) >= 11 is 0. The summed E-state index contributed by atoms with van der Waals surface area (Å²) < 4.78 is 7.80. The van der Waals surface area contributed by atoms with E-state index in [0.29, 0.717) is 24.1 Å². The van der Waals surface area contributed by atoms with Crippen molar-refractivity contribution in [1.82, 2.24) is 24.2 Å². The van der Waals surface area contributed by atoms with Crippen LogP contribution >= 0.6 is 0 Å². The number of hydrogen-bond donors (Lipinski definition) is 0. The average molecular weight is 333 g/mol. The van der Waals surface area contributed by atoms with Gasteiger partial charge in [-0.1, -0.05) is 0 Å². The molecule has 1 amide bonds. The maximum absolute atomic E-state index is 12.3. The quantitative estimate of drug-likeness (QED) is 0.711. The Morgan fingerprint density at radius 2 is 2.04 bits per heavy atom. The molecule has 2 aromatic rings. The molecule has 0 radical (unpaired) electrons. The van der Waals surface area contributed by atoms with E-state index in [1.807, 2.05) is 0 Å². The lowest BCUT2D eigenvalue weighted by atomic mass is 10.3. The van der Waals surface area contributed by atoms with Crippen molar-refractivity contribution < 1.29 is 14.3 Å². The van der Waals surface area contributed by atoms with Gasteiger partial charge in [-0.3, -0.25) is 23.6 Å². The van der Waals surface area contributed by atoms with Crippen molar-refractivity contribution >= 4 is 22.9 Å². The number of amides is 1. The number of likely N-dealkylation sites (tertiary alicyclic amines) is 1. The molecule has 3 heterocycles. The van der Waals surface area contributed by atoms with E-state index in [4.69, 9.17) is 4.74 Å². The van der Waals surface area contributed by atoms with Gasteiger partial charge in [0.05, 0.1) is 6.20 Å². The van der Waals surface area contributed by atoms with Gasteiger partial charge in [0.25, 0.3) is 11.5 Å². The first-order valence-corrected chi connectivity index (χ1v) is 7.83. The highest BCUT2D eigenvalue weighted by Gasteiger charge is 2.26. The van der Waals surface area contributed by atoms with Crippen molar-refractivity contribution in [2.24, 2.45) is 7.05 Å². The molecule has 1 atom stereocenters. The van der Waals surface area contributed by atoms with Crippen molar-refractivity contribution in [2.45, 2.75) is 32.4 Å². The number of carbonyl (C=O) groups is 2. The molecule has 1 fully saturated rings. The molecule has 0 spiro atoms. The minimum atomic E-state index is -0.860. The van der Waals surface area contributed by atoms with Gasteiger partial charge in [0.1, 0.15) is 18.3 Å². The Labute approximate surface area is 137 Å². The maximum Gasteiger partial charge on any atom is 0.326 e. The average Bonchev–Trinajstić information content (AvgIpc) is 3.20. The lowest BCUT2D eigenvalue weighted by Gasteiger charge is -2.20. The molecule has 1 unspecified atom stereocenters. The lowest BCUT2D eigenvalue weighted by molar-refractivity contribution is -0.159. The number of carbonyl (C=O) groups excluding carboxylic acids is 2. The number of fused-ring (bicyclic) bond motifs is 1. The minimum Gasteiger partial charge on any atom is -0.451 e. The zero-order valence-electron chi connectivity index (χ0n) is 13.6. The molecule has 9 nitrogen and oxygen atoms in total. The van der Waals surface area contributed by atoms with Gasteiger partial charge < -0.3 is 9.64 Å². The number of esters is 1. The fourth-order valence-electron chi connectivity index (χ4n) is 2.80. The highest BCUT2D eigenvalue weighted by atomic mass is 16.5. The smallest absolute Gasteiger partial charge is 0.326 e. The van der Waals surface area contributed by atoms with Gasteiger partial charge in [-0.15, -0.1) is 0 Å². The normalized spacial score (nSPS) is 15.7. The molecule has 1 aliphatic heterocycles. The highest BCUT2D eigenvalue weighted by molar-refractivity contribution is 5.83. The van der Waals surface area contributed by atoms with Crippen LogP contribution in [0.1, 0.15) is 19.8 Å². The number of rotatable bonds is 4. The van der Waals surface area contributed by atoms with E-state index in [2.05, 4.69) is 10.1 Å². The summed E-state index contributed by atoms with van der Waals surface area (Å²) in [5.74, 6) is -0.851. The summed E-state index contributed by atoms with van der Waals surface area (Å²) in [6.07, 6.45) is 3.77. The molecule has 0 aromatic carbocycles. The third-order valence-corrected chi connectivity index (χ3v) is 4.09. The summed E-state index contributed by atoms with van der Waals surface area (Å²) in [5, 5.41) is 4.29. The second-order valence-electron chi connectivity index (χ2n) is 5.85. The zero-order valence-corrected chi connectivity index (χ0v) is 13.6. The van der Waals surface area contributed by atoms with E-state index >= 15 is 0 Å². The van der Waals surface area contributed by atoms with Gasteiger partial charge in [-0.2, -0.15) is 5.10 Å². The van der Waals surface area contributed by atoms with Crippen molar-refractivity contribution in [3.05, 3.63) is 22.9 Å². The summed E-state index contributed by atoms with van der Waals surface area (Å²) in [5.41, 5.74) is 0.0748. The number of aromatic nitrogens is 4. The fraction of sp³-hybridized carbons (Fsp3) is 0.533. The van der Waals surface area contributed by atoms with Crippen LogP contribution in [-0.4, -0.2) is 55.3 Å². The summed E-state index contributed by atoms with van der Waals surface area (Å²) in [6.45, 7) is 2.64. The molecule has 24 heavy (non-hydrogen) atoms. The van der Waals surface area contributed by atoms with Gasteiger partial charge in [-0.05, 0) is 19.8 Å². The second kappa shape index (κ2) is 6.42. The Hall–Kier alpha value is -2.71. The van der Waals surface area contributed by atoms with Crippen LogP contribution in [0, 0.1) is 0 Å². The van der Waals surface area contributed by atoms with Gasteiger partial charge in [0, 0.05) is 20.1 Å². The van der Waals surface area contributed by atoms with Crippen LogP contribution < -0.4 is 5.56 Å². The van der Waals surface area contributed by atoms with Crippen LogP contribution in [-0.2, 0) is 27.9 Å². The van der Waals surface area contributed by atoms with Crippen molar-refractivity contribution in [3.63, 3.8) is 0 Å². The largest absolute Gasteiger partial charge is 0.451 e. The predicted octanol–water partition coefficient (Wildman–Crippen LogP) is -0.316. The second-order valence-corrected chi connectivity index (χ2v) is 5.85. The third kappa shape index (κ3) is 3.01. The molecule has 9 heteroatoms. The van der Waals surface area contributed by atoms with Crippen molar-refractivity contribution in [3.8, 4) is 0 Å². The fourth-order valence-corrected chi connectivity index (χ4v) is 2.80. The lowest BCUT2D eigenvalue weighted by Crippen LogP contribution is -2.39. The zero-order chi connectivity index (χ0) is 17.3. The Morgan fingerprint density at radius 1 is 1.33 bits per heavy atom. The molecule has 0 bridgehead atoms. The Balaban J connectivity index is 1.67. The molecule has 0 N–H and O–H groups in total. The van der Waals surface area contributed by atoms with Gasteiger partial charge in [-0.25, -0.2) is 4.98 Å². The number of aryl methyl sites for hydroxylation is 1. The standard InChI is InChI=1S/C15H19N5O4/c1-10(14(22)19-5-3-4-6-19)24-12(21)8-20-9-16-13-11(15(20)23)7-17-18(13)2/h7,9-10H,3-6,8H2,1-2H3. The first-order chi connectivity index (χ1) is 11.5. The van der Waals surface area contributed by atoms with Gasteiger partial charge in [0.15, 0.2) is 11.8 Å². The van der Waals surface area contributed by atoms with E-state index in [-0.39, 0.29) is 18.0 Å². The van der Waals surface area contributed by atoms with Crippen LogP contribution in [0.15, 0.2) is 17.3 Å². The molecule has 1 saturated heterocycles.